The smallest absolute Gasteiger partial charge is 0.497 e. The van der Waals surface area contributed by atoms with Gasteiger partial charge in [-0.2, -0.15) is 0 Å². The average molecular weight is 675 g/mol. The molecule has 2 heterocycles. The number of nitrogens with zero attached hydrogens (tertiary/aromatic N) is 5. The third kappa shape index (κ3) is 8.04. The topological polar surface area (TPSA) is 98.7 Å². The molecule has 0 fully saturated rings. The number of alkyl halides is 5. The molecule has 248 valence electrons. The van der Waals surface area contributed by atoms with Gasteiger partial charge in [-0.25, -0.2) is 28.8 Å². The van der Waals surface area contributed by atoms with Gasteiger partial charge in [0.05, 0.1) is 18.5 Å². The average Bonchev–Trinajstić information content (AvgIpc) is 3.67. The molecule has 2 N–H and O–H groups in total. The van der Waals surface area contributed by atoms with Crippen LogP contribution in [0.1, 0.15) is 42.8 Å². The number of halogens is 5. The van der Waals surface area contributed by atoms with E-state index in [2.05, 4.69) is 25.1 Å². The molecule has 0 aliphatic carbocycles. The Morgan fingerprint density at radius 1 is 0.979 bits per heavy atom. The lowest BCUT2D eigenvalue weighted by molar-refractivity contribution is -0.274. The second-order valence-electron chi connectivity index (χ2n) is 10.7. The van der Waals surface area contributed by atoms with E-state index in [0.29, 0.717) is 21.8 Å². The first kappa shape index (κ1) is 33.8. The van der Waals surface area contributed by atoms with Crippen molar-refractivity contribution in [2.24, 2.45) is 4.99 Å². The van der Waals surface area contributed by atoms with E-state index in [-0.39, 0.29) is 23.1 Å². The van der Waals surface area contributed by atoms with Crippen LogP contribution in [0, 0.1) is 6.92 Å². The Bertz CT molecular complexity index is 1870. The molecule has 9 nitrogen and oxygen atoms in total. The highest BCUT2D eigenvalue weighted by Gasteiger charge is 2.31. The number of ether oxygens (including phenoxy) is 2. The lowest BCUT2D eigenvalue weighted by atomic mass is 10.0. The molecule has 5 rings (SSSR count). The van der Waals surface area contributed by atoms with E-state index in [9.17, 15) is 18.3 Å². The molecular weight excluding hydrogens is 643 g/mol. The molecule has 0 aliphatic heterocycles. The zero-order valence-corrected chi connectivity index (χ0v) is 26.4. The highest BCUT2D eigenvalue weighted by molar-refractivity contribution is 7.07. The van der Waals surface area contributed by atoms with Crippen LogP contribution in [-0.4, -0.2) is 50.6 Å². The van der Waals surface area contributed by atoms with Crippen molar-refractivity contribution in [3.63, 3.8) is 0 Å². The molecule has 0 bridgehead atoms. The van der Waals surface area contributed by atoms with E-state index in [1.54, 1.807) is 7.11 Å². The van der Waals surface area contributed by atoms with Crippen LogP contribution in [0.15, 0.2) is 83.4 Å². The van der Waals surface area contributed by atoms with E-state index in [1.165, 1.54) is 58.7 Å². The maximum atomic E-state index is 15.2. The number of thiazole rings is 1. The lowest BCUT2D eigenvalue weighted by Gasteiger charge is -2.18. The number of rotatable bonds is 11. The lowest BCUT2D eigenvalue weighted by Crippen LogP contribution is -2.38. The zero-order chi connectivity index (χ0) is 33.9. The van der Waals surface area contributed by atoms with Gasteiger partial charge in [-0.1, -0.05) is 44.2 Å². The largest absolute Gasteiger partial charge is 0.573 e. The number of nitrogens with one attached hydrogen (secondary N) is 1. The molecule has 0 radical (unpaired) electrons. The van der Waals surface area contributed by atoms with Crippen LogP contribution in [0.4, 0.5) is 22.0 Å². The molecule has 3 unspecified atom stereocenters. The summed E-state index contributed by atoms with van der Waals surface area (Å²) in [5.41, 5.74) is 3.58. The molecule has 15 heteroatoms. The second-order valence-corrected chi connectivity index (χ2v) is 11.6. The summed E-state index contributed by atoms with van der Waals surface area (Å²) in [6, 6.07) is 16.5. The highest BCUT2D eigenvalue weighted by atomic mass is 32.1. The number of aromatic nitrogens is 4. The summed E-state index contributed by atoms with van der Waals surface area (Å²) in [6.07, 6.45) is -9.62. The van der Waals surface area contributed by atoms with E-state index >= 15 is 8.78 Å². The highest BCUT2D eigenvalue weighted by Crippen LogP contribution is 2.29. The molecule has 0 amide bonds. The van der Waals surface area contributed by atoms with Gasteiger partial charge in [0, 0.05) is 22.7 Å². The third-order valence-corrected chi connectivity index (χ3v) is 8.05. The van der Waals surface area contributed by atoms with Gasteiger partial charge in [-0.05, 0) is 54.3 Å². The summed E-state index contributed by atoms with van der Waals surface area (Å²) in [4.78, 5) is 8.80. The summed E-state index contributed by atoms with van der Waals surface area (Å²) in [7, 11) is 1.57. The fourth-order valence-electron chi connectivity index (χ4n) is 4.78. The van der Waals surface area contributed by atoms with Gasteiger partial charge in [0.25, 0.3) is 0 Å². The van der Waals surface area contributed by atoms with Gasteiger partial charge < -0.3 is 14.6 Å². The van der Waals surface area contributed by atoms with Crippen molar-refractivity contribution in [3.8, 4) is 34.3 Å². The van der Waals surface area contributed by atoms with Gasteiger partial charge in [0.1, 0.15) is 17.8 Å². The summed E-state index contributed by atoms with van der Waals surface area (Å²) in [5, 5.41) is 18.9. The van der Waals surface area contributed by atoms with Crippen molar-refractivity contribution < 1.29 is 36.5 Å². The van der Waals surface area contributed by atoms with Crippen LogP contribution in [0.5, 0.6) is 11.5 Å². The summed E-state index contributed by atoms with van der Waals surface area (Å²) < 4.78 is 79.9. The Morgan fingerprint density at radius 2 is 1.66 bits per heavy atom. The van der Waals surface area contributed by atoms with Gasteiger partial charge in [-0.3, -0.25) is 4.57 Å². The van der Waals surface area contributed by atoms with Crippen LogP contribution < -0.4 is 19.6 Å². The Labute approximate surface area is 270 Å². The molecule has 3 atom stereocenters. The number of methoxy groups -OCH3 is 1. The van der Waals surface area contributed by atoms with Crippen molar-refractivity contribution in [1.29, 1.82) is 0 Å². The Hall–Kier alpha value is -4.60. The fourth-order valence-corrected chi connectivity index (χ4v) is 5.67. The third-order valence-electron chi connectivity index (χ3n) is 7.09. The number of aliphatic hydroxyl groups excluding tert-OH is 1. The van der Waals surface area contributed by atoms with Crippen molar-refractivity contribution in [2.45, 2.75) is 51.9 Å². The van der Waals surface area contributed by atoms with Gasteiger partial charge in [0.2, 0.25) is 6.35 Å². The molecule has 0 saturated carbocycles. The summed E-state index contributed by atoms with van der Waals surface area (Å²) in [5.74, 6) is 0.683. The van der Waals surface area contributed by atoms with Crippen molar-refractivity contribution in [3.05, 3.63) is 100 Å². The van der Waals surface area contributed by atoms with Gasteiger partial charge >= 0.3 is 6.36 Å². The first-order chi connectivity index (χ1) is 22.3. The van der Waals surface area contributed by atoms with Crippen molar-refractivity contribution in [2.75, 3.05) is 7.11 Å². The normalized spacial score (nSPS) is 14.3. The van der Waals surface area contributed by atoms with E-state index < -0.39 is 25.2 Å². The minimum Gasteiger partial charge on any atom is -0.497 e. The fraction of sp³-hybridized carbons (Fsp3) is 0.281. The maximum absolute atomic E-state index is 15.2. The maximum Gasteiger partial charge on any atom is 0.573 e. The monoisotopic (exact) mass is 674 g/mol. The predicted molar refractivity (Wildman–Crippen MR) is 166 cm³/mol. The zero-order valence-electron chi connectivity index (χ0n) is 25.6. The Kier molecular flexibility index (Phi) is 10.1. The van der Waals surface area contributed by atoms with Gasteiger partial charge in [-0.15, -0.1) is 29.6 Å². The van der Waals surface area contributed by atoms with Crippen LogP contribution in [0.3, 0.4) is 0 Å². The van der Waals surface area contributed by atoms with Crippen LogP contribution >= 0.6 is 11.3 Å². The van der Waals surface area contributed by atoms with E-state index in [4.69, 9.17) is 4.74 Å². The standard InChI is InChI=1S/C32H31F5N6O3S/c1-18(2)25-14-13-24(45-4)15-26(25)43-19(3)16-47-31(43)40-30(44)39-28(34)27(33)20-5-7-21(8-6-20)29-38-17-42(41-29)22-9-11-23(12-10-22)46-32(35,36)37/h5-18,27-28,30,39,44H,1-4H3. The van der Waals surface area contributed by atoms with E-state index in [1.807, 2.05) is 48.9 Å². The summed E-state index contributed by atoms with van der Waals surface area (Å²) >= 11 is 1.25. The number of hydrogen-bond donors (Lipinski definition) is 2. The molecule has 0 aliphatic rings. The quantitative estimate of drug-likeness (QED) is 0.0899. The van der Waals surface area contributed by atoms with Crippen molar-refractivity contribution in [1.82, 2.24) is 24.6 Å². The number of benzene rings is 3. The molecule has 47 heavy (non-hydrogen) atoms. The Morgan fingerprint density at radius 3 is 2.30 bits per heavy atom. The summed E-state index contributed by atoms with van der Waals surface area (Å²) in [6.45, 7) is 5.98. The first-order valence-electron chi connectivity index (χ1n) is 14.3. The number of aryl methyl sites for hydroxylation is 1. The Balaban J connectivity index is 1.27. The molecule has 3 aromatic carbocycles. The SMILES string of the molecule is COc1ccc(C(C)C)c(-n2c(C)csc2=NC(O)NC(F)C(F)c2ccc(-c3ncn(-c4ccc(OC(F)(F)F)cc4)n3)cc2)c1. The van der Waals surface area contributed by atoms with E-state index in [0.717, 1.165) is 29.1 Å². The predicted octanol–water partition coefficient (Wildman–Crippen LogP) is 6.90. The molecule has 2 aromatic heterocycles. The number of hydrogen-bond acceptors (Lipinski definition) is 8. The van der Waals surface area contributed by atoms with Crippen LogP contribution in [0.2, 0.25) is 0 Å². The minimum atomic E-state index is -4.80. The number of aliphatic hydroxyl groups is 1. The minimum absolute atomic E-state index is 0.000578. The van der Waals surface area contributed by atoms with Crippen molar-refractivity contribution >= 4 is 11.3 Å². The molecule has 0 saturated heterocycles. The van der Waals surface area contributed by atoms with Crippen LogP contribution in [0.25, 0.3) is 22.8 Å². The molecule has 5 aromatic rings. The first-order valence-corrected chi connectivity index (χ1v) is 15.2. The van der Waals surface area contributed by atoms with Gasteiger partial charge in [0.15, 0.2) is 23.1 Å². The second kappa shape index (κ2) is 14.0. The van der Waals surface area contributed by atoms with Crippen LogP contribution in [-0.2, 0) is 0 Å². The molecule has 0 spiro atoms. The molecular formula is C32H31F5N6O3S.